The molecular weight excluding hydrogens is 531 g/mol. The van der Waals surface area contributed by atoms with Crippen LogP contribution in [0.15, 0.2) is 42.5 Å². The molecule has 3 atom stereocenters. The van der Waals surface area contributed by atoms with E-state index in [1.54, 1.807) is 6.08 Å². The third kappa shape index (κ3) is 3.83. The molecule has 1 aliphatic heterocycles. The van der Waals surface area contributed by atoms with Gasteiger partial charge >= 0.3 is 0 Å². The Morgan fingerprint density at radius 2 is 1.91 bits per heavy atom. The van der Waals surface area contributed by atoms with Gasteiger partial charge < -0.3 is 20.0 Å². The summed E-state index contributed by atoms with van der Waals surface area (Å²) in [6.07, 6.45) is 0.938. The summed E-state index contributed by atoms with van der Waals surface area (Å²) in [6.45, 7) is 0.259. The van der Waals surface area contributed by atoms with E-state index in [0.29, 0.717) is 0 Å². The predicted octanol–water partition coefficient (Wildman–Crippen LogP) is 1.11. The molecule has 0 bridgehead atoms. The topological polar surface area (TPSA) is 77.7 Å². The van der Waals surface area contributed by atoms with Crippen molar-refractivity contribution in [1.29, 1.82) is 0 Å². The molecular formula is C15H14NO4WY-. The van der Waals surface area contributed by atoms with Crippen LogP contribution in [-0.4, -0.2) is 34.5 Å². The van der Waals surface area contributed by atoms with Gasteiger partial charge in [0, 0.05) is 53.8 Å². The van der Waals surface area contributed by atoms with Crippen molar-refractivity contribution in [3.05, 3.63) is 53.4 Å². The Bertz CT molecular complexity index is 570. The SMILES string of the molecule is O=C1CC2(C=CC(=O)[C@@H](O)[C@H]2OCc2ccccc2)[N-]1.[W].[Y]. The van der Waals surface area contributed by atoms with Crippen LogP contribution in [0.3, 0.4) is 0 Å². The van der Waals surface area contributed by atoms with Gasteiger partial charge in [-0.1, -0.05) is 36.4 Å². The molecule has 1 radical (unpaired) electrons. The summed E-state index contributed by atoms with van der Waals surface area (Å²) < 4.78 is 5.69. The fraction of sp³-hybridized carbons (Fsp3) is 0.333. The molecule has 1 spiro atoms. The number of amides is 1. The van der Waals surface area contributed by atoms with Crippen LogP contribution in [-0.2, 0) is 74.7 Å². The maximum atomic E-state index is 11.6. The van der Waals surface area contributed by atoms with Crippen molar-refractivity contribution in [3.63, 3.8) is 0 Å². The van der Waals surface area contributed by atoms with Gasteiger partial charge in [0.15, 0.2) is 5.78 Å². The summed E-state index contributed by atoms with van der Waals surface area (Å²) in [6, 6.07) is 9.44. The van der Waals surface area contributed by atoms with Crippen LogP contribution in [0.25, 0.3) is 5.32 Å². The van der Waals surface area contributed by atoms with Crippen LogP contribution in [0, 0.1) is 0 Å². The molecule has 1 amide bonds. The molecule has 0 aromatic heterocycles. The first-order valence-electron chi connectivity index (χ1n) is 6.43. The molecule has 5 nitrogen and oxygen atoms in total. The zero-order valence-electron chi connectivity index (χ0n) is 11.7. The standard InChI is InChI=1S/C15H15NO4.W.Y/c17-11-6-7-15(8-12(18)16-15)14(13(11)19)20-9-10-4-2-1-3-5-10;;/h1-7,13-14,19H,8-9H2,(H,16,18);;/p-1/t13-,14-,15?;;/m1../s1. The average molecular weight is 545 g/mol. The molecule has 1 fully saturated rings. The van der Waals surface area contributed by atoms with E-state index in [1.807, 2.05) is 30.3 Å². The Morgan fingerprint density at radius 1 is 1.27 bits per heavy atom. The number of rotatable bonds is 3. The molecule has 1 N–H and O–H groups in total. The van der Waals surface area contributed by atoms with Gasteiger partial charge in [0.25, 0.3) is 0 Å². The maximum absolute atomic E-state index is 11.6. The molecule has 3 rings (SSSR count). The van der Waals surface area contributed by atoms with E-state index < -0.39 is 23.5 Å². The number of ketones is 1. The summed E-state index contributed by atoms with van der Waals surface area (Å²) in [5.41, 5.74) is 0.0571. The average Bonchev–Trinajstić information content (AvgIpc) is 2.42. The first kappa shape index (κ1) is 19.9. The van der Waals surface area contributed by atoms with E-state index in [0.717, 1.165) is 5.56 Å². The second-order valence-electron chi connectivity index (χ2n) is 5.07. The summed E-state index contributed by atoms with van der Waals surface area (Å²) >= 11 is 0. The van der Waals surface area contributed by atoms with Gasteiger partial charge in [-0.3, -0.25) is 4.79 Å². The fourth-order valence-electron chi connectivity index (χ4n) is 2.56. The molecule has 1 aromatic rings. The second-order valence-corrected chi connectivity index (χ2v) is 5.07. The molecule has 113 valence electrons. The van der Waals surface area contributed by atoms with E-state index in [4.69, 9.17) is 4.74 Å². The van der Waals surface area contributed by atoms with Crippen molar-refractivity contribution in [1.82, 2.24) is 0 Å². The van der Waals surface area contributed by atoms with E-state index in [2.05, 4.69) is 5.32 Å². The molecule has 1 aromatic carbocycles. The van der Waals surface area contributed by atoms with Crippen LogP contribution in [0.1, 0.15) is 12.0 Å². The van der Waals surface area contributed by atoms with Crippen molar-refractivity contribution in [2.24, 2.45) is 0 Å². The summed E-state index contributed by atoms with van der Waals surface area (Å²) in [7, 11) is 0. The number of β-lactam (4-membered cyclic amide) rings is 1. The Hall–Kier alpha value is -0.188. The van der Waals surface area contributed by atoms with E-state index in [9.17, 15) is 14.7 Å². The number of benzene rings is 1. The summed E-state index contributed by atoms with van der Waals surface area (Å²) in [5.74, 6) is -0.646. The second kappa shape index (κ2) is 8.07. The van der Waals surface area contributed by atoms with E-state index in [-0.39, 0.29) is 72.7 Å². The first-order chi connectivity index (χ1) is 9.61. The third-order valence-electron chi connectivity index (χ3n) is 3.65. The van der Waals surface area contributed by atoms with Crippen LogP contribution in [0.5, 0.6) is 0 Å². The van der Waals surface area contributed by atoms with Gasteiger partial charge in [0.1, 0.15) is 6.10 Å². The Morgan fingerprint density at radius 3 is 2.50 bits per heavy atom. The molecule has 7 heteroatoms. The molecule has 1 aliphatic carbocycles. The van der Waals surface area contributed by atoms with Gasteiger partial charge in [-0.05, 0) is 23.6 Å². The number of carbonyl (C=O) groups is 2. The van der Waals surface area contributed by atoms with Crippen molar-refractivity contribution in [2.45, 2.75) is 30.8 Å². The molecule has 1 saturated heterocycles. The number of ether oxygens (including phenoxy) is 1. The maximum Gasteiger partial charge on any atom is 0.186 e. The first-order valence-corrected chi connectivity index (χ1v) is 6.43. The van der Waals surface area contributed by atoms with Crippen molar-refractivity contribution < 1.29 is 73.2 Å². The minimum atomic E-state index is -1.28. The minimum Gasteiger partial charge on any atom is -0.642 e. The normalized spacial score (nSPS) is 29.1. The summed E-state index contributed by atoms with van der Waals surface area (Å²) in [4.78, 5) is 22.7. The number of aliphatic hydroxyl groups is 1. The van der Waals surface area contributed by atoms with Crippen molar-refractivity contribution in [3.8, 4) is 0 Å². The van der Waals surface area contributed by atoms with Gasteiger partial charge in [-0.15, -0.1) is 0 Å². The van der Waals surface area contributed by atoms with Gasteiger partial charge in [0.05, 0.1) is 18.6 Å². The van der Waals surface area contributed by atoms with Crippen LogP contribution >= 0.6 is 0 Å². The fourth-order valence-corrected chi connectivity index (χ4v) is 2.56. The van der Waals surface area contributed by atoms with Gasteiger partial charge in [-0.2, -0.15) is 0 Å². The predicted molar refractivity (Wildman–Crippen MR) is 70.9 cm³/mol. The van der Waals surface area contributed by atoms with E-state index >= 15 is 0 Å². The number of carbonyl (C=O) groups excluding carboxylic acids is 2. The monoisotopic (exact) mass is 545 g/mol. The Kier molecular flexibility index (Phi) is 7.29. The Labute approximate surface area is 168 Å². The number of hydrogen-bond donors (Lipinski definition) is 1. The zero-order chi connectivity index (χ0) is 14.2. The van der Waals surface area contributed by atoms with Crippen LogP contribution in [0.4, 0.5) is 0 Å². The number of aliphatic hydroxyl groups excluding tert-OH is 1. The number of nitrogens with zero attached hydrogens (tertiary/aromatic N) is 1. The number of hydrogen-bond acceptors (Lipinski definition) is 4. The van der Waals surface area contributed by atoms with Crippen molar-refractivity contribution >= 4 is 11.7 Å². The summed E-state index contributed by atoms with van der Waals surface area (Å²) in [5, 5.41) is 13.9. The van der Waals surface area contributed by atoms with Crippen LogP contribution < -0.4 is 0 Å². The molecule has 0 saturated carbocycles. The Balaban J connectivity index is 0.00000121. The van der Waals surface area contributed by atoms with E-state index in [1.165, 1.54) is 6.08 Å². The van der Waals surface area contributed by atoms with Crippen LogP contribution in [0.2, 0.25) is 0 Å². The quantitative estimate of drug-likeness (QED) is 0.579. The molecule has 1 unspecified atom stereocenters. The molecule has 22 heavy (non-hydrogen) atoms. The zero-order valence-corrected chi connectivity index (χ0v) is 17.5. The largest absolute Gasteiger partial charge is 0.642 e. The van der Waals surface area contributed by atoms with Gasteiger partial charge in [-0.25, -0.2) is 0 Å². The van der Waals surface area contributed by atoms with Crippen molar-refractivity contribution in [2.75, 3.05) is 0 Å². The minimum absolute atomic E-state index is 0. The van der Waals surface area contributed by atoms with Gasteiger partial charge in [0.2, 0.25) is 0 Å². The molecule has 1 heterocycles. The molecule has 2 aliphatic rings. The third-order valence-corrected chi connectivity index (χ3v) is 3.65. The smallest absolute Gasteiger partial charge is 0.186 e.